The van der Waals surface area contributed by atoms with Gasteiger partial charge in [0, 0.05) is 0 Å². The van der Waals surface area contributed by atoms with Crippen LogP contribution in [-0.4, -0.2) is 26.4 Å². The highest BCUT2D eigenvalue weighted by Gasteiger charge is 2.35. The minimum Gasteiger partial charge on any atom is -0.388 e. The second-order valence-corrected chi connectivity index (χ2v) is 4.71. The number of aliphatic hydroxyl groups is 1. The van der Waals surface area contributed by atoms with Gasteiger partial charge in [0.25, 0.3) is 0 Å². The van der Waals surface area contributed by atoms with E-state index in [-0.39, 0.29) is 0 Å². The van der Waals surface area contributed by atoms with Gasteiger partial charge >= 0.3 is 0 Å². The molecule has 0 spiro atoms. The Kier molecular flexibility index (Phi) is 3.15. The Balaban J connectivity index is 3.02. The molecule has 1 rings (SSSR count). The lowest BCUT2D eigenvalue weighted by molar-refractivity contribution is 0.0238. The highest BCUT2D eigenvalue weighted by atomic mass is 16.3. The van der Waals surface area contributed by atoms with Gasteiger partial charge in [0.15, 0.2) is 5.82 Å². The van der Waals surface area contributed by atoms with Gasteiger partial charge in [-0.05, 0) is 33.8 Å². The van der Waals surface area contributed by atoms with Crippen molar-refractivity contribution in [2.24, 2.45) is 0 Å². The normalized spacial score (nSPS) is 12.0. The molecule has 0 saturated carbocycles. The van der Waals surface area contributed by atoms with Gasteiger partial charge in [0.2, 0.25) is 0 Å². The molecular weight excluding hydrogens is 204 g/mol. The molecule has 0 saturated heterocycles. The maximum Gasteiger partial charge on any atom is 0.167 e. The maximum absolute atomic E-state index is 9.98. The molecule has 86 valence electrons. The molecule has 5 nitrogen and oxygen atoms in total. The van der Waals surface area contributed by atoms with Crippen LogP contribution in [0.4, 0.5) is 5.82 Å². The van der Waals surface area contributed by atoms with Gasteiger partial charge in [0.1, 0.15) is 6.07 Å². The molecule has 1 aromatic rings. The van der Waals surface area contributed by atoms with Crippen LogP contribution in [0.1, 0.15) is 33.3 Å². The van der Waals surface area contributed by atoms with Crippen LogP contribution in [0.25, 0.3) is 0 Å². The van der Waals surface area contributed by atoms with E-state index in [9.17, 15) is 5.11 Å². The van der Waals surface area contributed by atoms with Crippen molar-refractivity contribution < 1.29 is 5.11 Å². The Morgan fingerprint density at radius 2 is 2.00 bits per heavy atom. The molecule has 2 N–H and O–H groups in total. The van der Waals surface area contributed by atoms with Crippen LogP contribution in [0.2, 0.25) is 0 Å². The Labute approximate surface area is 95.1 Å². The fraction of sp³-hybridized carbons (Fsp3) is 0.545. The van der Waals surface area contributed by atoms with E-state index in [0.717, 1.165) is 0 Å². The quantitative estimate of drug-likeness (QED) is 0.802. The lowest BCUT2D eigenvalue weighted by Crippen LogP contribution is -2.51. The number of rotatable bonds is 3. The molecule has 0 radical (unpaired) electrons. The number of hydrogen-bond donors (Lipinski definition) is 2. The Bertz CT molecular complexity index is 415. The summed E-state index contributed by atoms with van der Waals surface area (Å²) < 4.78 is 0. The Morgan fingerprint density at radius 3 is 2.50 bits per heavy atom. The minimum atomic E-state index is -0.947. The van der Waals surface area contributed by atoms with E-state index < -0.39 is 11.1 Å². The van der Waals surface area contributed by atoms with Crippen LogP contribution in [0.5, 0.6) is 0 Å². The van der Waals surface area contributed by atoms with Gasteiger partial charge in [-0.25, -0.2) is 0 Å². The van der Waals surface area contributed by atoms with Gasteiger partial charge in [-0.15, -0.1) is 5.10 Å². The Hall–Kier alpha value is -1.67. The maximum atomic E-state index is 9.98. The molecule has 0 aliphatic heterocycles. The smallest absolute Gasteiger partial charge is 0.167 e. The van der Waals surface area contributed by atoms with Crippen molar-refractivity contribution in [3.05, 3.63) is 17.8 Å². The first kappa shape index (κ1) is 12.4. The molecule has 0 fully saturated rings. The second kappa shape index (κ2) is 4.06. The third kappa shape index (κ3) is 2.47. The summed E-state index contributed by atoms with van der Waals surface area (Å²) in [5.74, 6) is 0.386. The van der Waals surface area contributed by atoms with E-state index >= 15 is 0 Å². The lowest BCUT2D eigenvalue weighted by atomic mass is 9.86. The molecular formula is C11H16N4O. The molecule has 0 aliphatic rings. The van der Waals surface area contributed by atoms with Crippen molar-refractivity contribution in [3.8, 4) is 6.07 Å². The fourth-order valence-electron chi connectivity index (χ4n) is 0.963. The summed E-state index contributed by atoms with van der Waals surface area (Å²) in [7, 11) is 0. The van der Waals surface area contributed by atoms with Crippen LogP contribution >= 0.6 is 0 Å². The van der Waals surface area contributed by atoms with E-state index in [0.29, 0.717) is 11.4 Å². The average Bonchev–Trinajstić information content (AvgIpc) is 2.16. The van der Waals surface area contributed by atoms with Gasteiger partial charge in [0.05, 0.1) is 22.9 Å². The molecule has 1 aromatic heterocycles. The third-order valence-corrected chi connectivity index (χ3v) is 2.80. The van der Waals surface area contributed by atoms with Crippen LogP contribution in [0.3, 0.4) is 0 Å². The second-order valence-electron chi connectivity index (χ2n) is 4.71. The number of hydrogen-bond acceptors (Lipinski definition) is 5. The topological polar surface area (TPSA) is 81.8 Å². The Morgan fingerprint density at radius 1 is 1.38 bits per heavy atom. The zero-order chi connectivity index (χ0) is 12.4. The first-order valence-electron chi connectivity index (χ1n) is 5.00. The molecule has 0 aromatic carbocycles. The summed E-state index contributed by atoms with van der Waals surface area (Å²) in [5, 5.41) is 29.5. The summed E-state index contributed by atoms with van der Waals surface area (Å²) >= 11 is 0. The molecule has 0 atom stereocenters. The zero-order valence-electron chi connectivity index (χ0n) is 9.94. The van der Waals surface area contributed by atoms with Crippen molar-refractivity contribution in [1.29, 1.82) is 5.26 Å². The summed E-state index contributed by atoms with van der Waals surface area (Å²) in [6.45, 7) is 7.07. The zero-order valence-corrected chi connectivity index (χ0v) is 9.94. The average molecular weight is 220 g/mol. The first-order valence-corrected chi connectivity index (χ1v) is 5.00. The van der Waals surface area contributed by atoms with E-state index in [1.54, 1.807) is 19.9 Å². The van der Waals surface area contributed by atoms with E-state index in [4.69, 9.17) is 5.26 Å². The van der Waals surface area contributed by atoms with Crippen molar-refractivity contribution in [2.45, 2.75) is 38.8 Å². The molecule has 0 amide bonds. The summed E-state index contributed by atoms with van der Waals surface area (Å²) in [4.78, 5) is 0. The van der Waals surface area contributed by atoms with E-state index in [1.165, 1.54) is 6.20 Å². The number of nitrogens with one attached hydrogen (secondary N) is 1. The summed E-state index contributed by atoms with van der Waals surface area (Å²) in [6.07, 6.45) is 1.46. The van der Waals surface area contributed by atoms with Gasteiger partial charge in [-0.3, -0.25) is 0 Å². The molecule has 0 unspecified atom stereocenters. The lowest BCUT2D eigenvalue weighted by Gasteiger charge is -2.38. The standard InChI is InChI=1S/C11H16N4O/c1-10(2,11(3,4)16)14-9-8(7-12)5-6-13-15-9/h5-6,16H,1-4H3,(H,14,15). The van der Waals surface area contributed by atoms with Gasteiger partial charge in [-0.2, -0.15) is 10.4 Å². The van der Waals surface area contributed by atoms with Gasteiger partial charge < -0.3 is 10.4 Å². The first-order chi connectivity index (χ1) is 7.28. The van der Waals surface area contributed by atoms with Crippen molar-refractivity contribution in [1.82, 2.24) is 10.2 Å². The number of aromatic nitrogens is 2. The van der Waals surface area contributed by atoms with Crippen LogP contribution in [-0.2, 0) is 0 Å². The SMILES string of the molecule is CC(C)(O)C(C)(C)Nc1nnccc1C#N. The van der Waals surface area contributed by atoms with Crippen molar-refractivity contribution in [3.63, 3.8) is 0 Å². The third-order valence-electron chi connectivity index (χ3n) is 2.80. The monoisotopic (exact) mass is 220 g/mol. The summed E-state index contributed by atoms with van der Waals surface area (Å²) in [6, 6.07) is 3.60. The highest BCUT2D eigenvalue weighted by molar-refractivity contribution is 5.52. The van der Waals surface area contributed by atoms with Crippen molar-refractivity contribution in [2.75, 3.05) is 5.32 Å². The predicted molar refractivity (Wildman–Crippen MR) is 60.7 cm³/mol. The number of nitrogens with zero attached hydrogens (tertiary/aromatic N) is 3. The van der Waals surface area contributed by atoms with Gasteiger partial charge in [-0.1, -0.05) is 0 Å². The van der Waals surface area contributed by atoms with Crippen molar-refractivity contribution >= 4 is 5.82 Å². The predicted octanol–water partition coefficient (Wildman–Crippen LogP) is 1.31. The van der Waals surface area contributed by atoms with Crippen LogP contribution < -0.4 is 5.32 Å². The number of anilines is 1. The highest BCUT2D eigenvalue weighted by Crippen LogP contribution is 2.25. The van der Waals surface area contributed by atoms with Crippen LogP contribution in [0, 0.1) is 11.3 Å². The number of nitriles is 1. The molecule has 16 heavy (non-hydrogen) atoms. The van der Waals surface area contributed by atoms with Crippen LogP contribution in [0.15, 0.2) is 12.3 Å². The molecule has 1 heterocycles. The molecule has 0 bridgehead atoms. The minimum absolute atomic E-state index is 0.386. The molecule has 0 aliphatic carbocycles. The largest absolute Gasteiger partial charge is 0.388 e. The summed E-state index contributed by atoms with van der Waals surface area (Å²) in [5.41, 5.74) is -1.15. The van der Waals surface area contributed by atoms with E-state index in [2.05, 4.69) is 15.5 Å². The van der Waals surface area contributed by atoms with E-state index in [1.807, 2.05) is 19.9 Å². The fourth-order valence-corrected chi connectivity index (χ4v) is 0.963. The molecule has 5 heteroatoms.